The molecule has 1 fully saturated rings. The van der Waals surface area contributed by atoms with Gasteiger partial charge in [-0.1, -0.05) is 6.07 Å². The Bertz CT molecular complexity index is 1300. The Labute approximate surface area is 198 Å². The van der Waals surface area contributed by atoms with Crippen LogP contribution < -0.4 is 10.7 Å². The van der Waals surface area contributed by atoms with Gasteiger partial charge in [-0.15, -0.1) is 0 Å². The molecule has 1 spiro atoms. The van der Waals surface area contributed by atoms with Gasteiger partial charge in [-0.2, -0.15) is 0 Å². The van der Waals surface area contributed by atoms with Crippen LogP contribution in [0.25, 0.3) is 0 Å². The number of hydrogen-bond acceptors (Lipinski definition) is 6. The number of nitrogens with one attached hydrogen (secondary N) is 1. The van der Waals surface area contributed by atoms with E-state index in [9.17, 15) is 37.7 Å². The van der Waals surface area contributed by atoms with Crippen molar-refractivity contribution in [3.05, 3.63) is 63.1 Å². The summed E-state index contributed by atoms with van der Waals surface area (Å²) in [5.74, 6) is -4.22. The third-order valence-electron chi connectivity index (χ3n) is 6.24. The number of aromatic nitrogens is 1. The molecule has 0 aliphatic carbocycles. The largest absolute Gasteiger partial charge is 0.503 e. The van der Waals surface area contributed by atoms with Gasteiger partial charge in [0.15, 0.2) is 18.8 Å². The van der Waals surface area contributed by atoms with Crippen LogP contribution in [0.2, 0.25) is 0 Å². The molecule has 10 nitrogen and oxygen atoms in total. The minimum absolute atomic E-state index is 0.00869. The van der Waals surface area contributed by atoms with E-state index in [4.69, 9.17) is 4.74 Å². The Morgan fingerprint density at radius 3 is 2.69 bits per heavy atom. The average molecular weight is 511 g/mol. The van der Waals surface area contributed by atoms with Crippen molar-refractivity contribution in [3.63, 3.8) is 0 Å². The second kappa shape index (κ2) is 9.18. The second-order valence-electron chi connectivity index (χ2n) is 8.89. The molecule has 35 heavy (non-hydrogen) atoms. The summed E-state index contributed by atoms with van der Waals surface area (Å²) in [6.07, 6.45) is 1.41. The molecule has 188 valence electrons. The number of aromatic hydroxyl groups is 1. The van der Waals surface area contributed by atoms with Crippen LogP contribution in [0.1, 0.15) is 32.8 Å². The van der Waals surface area contributed by atoms with E-state index in [-0.39, 0.29) is 43.7 Å². The third-order valence-corrected chi connectivity index (χ3v) is 7.27. The van der Waals surface area contributed by atoms with E-state index < -0.39 is 53.1 Å². The van der Waals surface area contributed by atoms with Crippen LogP contribution in [0.15, 0.2) is 29.2 Å². The Hall–Kier alpha value is -3.08. The smallest absolute Gasteiger partial charge is 0.274 e. The normalized spacial score (nSPS) is 21.1. The number of ether oxygens (including phenoxy) is 1. The second-order valence-corrected chi connectivity index (χ2v) is 11.4. The highest BCUT2D eigenvalue weighted by Gasteiger charge is 2.47. The van der Waals surface area contributed by atoms with Crippen molar-refractivity contribution in [1.82, 2.24) is 14.8 Å². The van der Waals surface area contributed by atoms with Crippen LogP contribution in [0.4, 0.5) is 8.78 Å². The maximum Gasteiger partial charge on any atom is 0.274 e. The number of fused-ring (bicyclic) bond motifs is 2. The van der Waals surface area contributed by atoms with Gasteiger partial charge >= 0.3 is 0 Å². The van der Waals surface area contributed by atoms with Crippen molar-refractivity contribution in [3.8, 4) is 5.75 Å². The van der Waals surface area contributed by atoms with E-state index in [2.05, 4.69) is 5.32 Å². The van der Waals surface area contributed by atoms with Gasteiger partial charge in [0.2, 0.25) is 5.43 Å². The predicted octanol–water partition coefficient (Wildman–Crippen LogP) is 1.23. The molecule has 3 heterocycles. The molecule has 4 rings (SSSR count). The van der Waals surface area contributed by atoms with Gasteiger partial charge in [0.05, 0.1) is 12.1 Å². The molecule has 2 amide bonds. The number of amides is 2. The van der Waals surface area contributed by atoms with E-state index in [1.807, 2.05) is 0 Å². The molecule has 2 aliphatic heterocycles. The van der Waals surface area contributed by atoms with Crippen LogP contribution in [0.3, 0.4) is 0 Å². The first-order valence-electron chi connectivity index (χ1n) is 10.8. The molecule has 2 aromatic rings. The quantitative estimate of drug-likeness (QED) is 0.496. The Morgan fingerprint density at radius 1 is 1.31 bits per heavy atom. The molecular weight excluding hydrogens is 487 g/mol. The molecule has 13 heteroatoms. The molecule has 0 bridgehead atoms. The molecule has 0 saturated carbocycles. The van der Waals surface area contributed by atoms with E-state index >= 15 is 0 Å². The van der Waals surface area contributed by atoms with E-state index in [0.29, 0.717) is 19.1 Å². The first kappa shape index (κ1) is 25.0. The summed E-state index contributed by atoms with van der Waals surface area (Å²) in [4.78, 5) is 49.7. The molecule has 3 N–H and O–H groups in total. The lowest BCUT2D eigenvalue weighted by Gasteiger charge is -2.43. The van der Waals surface area contributed by atoms with Gasteiger partial charge < -0.3 is 29.5 Å². The van der Waals surface area contributed by atoms with Crippen molar-refractivity contribution in [1.29, 1.82) is 0 Å². The lowest BCUT2D eigenvalue weighted by Crippen LogP contribution is -2.56. The van der Waals surface area contributed by atoms with Crippen LogP contribution in [-0.2, 0) is 21.4 Å². The summed E-state index contributed by atoms with van der Waals surface area (Å²) >= 11 is 0. The average Bonchev–Trinajstić information content (AvgIpc) is 3.25. The van der Waals surface area contributed by atoms with E-state index in [0.717, 1.165) is 12.1 Å². The van der Waals surface area contributed by atoms with Crippen molar-refractivity contribution in [2.24, 2.45) is 0 Å². The standard InChI is InChI=1S/C22H24F2N3O7P/c1-35(32,33)7-5-26-11-22(4-6-34-12-22)27-10-15(18(28)19(29)17(27)21(26)31)20(30)25-9-13-2-3-14(23)8-16(13)24/h2-3,8,10,29H,4-7,9,11-12H2,1H3,(H,25,30)(H,32,33)/t22-/m0/s1. The highest BCUT2D eigenvalue weighted by Crippen LogP contribution is 2.39. The van der Waals surface area contributed by atoms with Gasteiger partial charge in [-0.25, -0.2) is 8.78 Å². The molecule has 1 unspecified atom stereocenters. The molecule has 1 aromatic carbocycles. The summed E-state index contributed by atoms with van der Waals surface area (Å²) in [6.45, 7) is 1.30. The number of pyridine rings is 1. The van der Waals surface area contributed by atoms with Gasteiger partial charge in [0.1, 0.15) is 17.2 Å². The third kappa shape index (κ3) is 4.86. The van der Waals surface area contributed by atoms with Gasteiger partial charge in [-0.3, -0.25) is 18.9 Å². The predicted molar refractivity (Wildman–Crippen MR) is 120 cm³/mol. The molecule has 2 atom stereocenters. The Kier molecular flexibility index (Phi) is 6.56. The summed E-state index contributed by atoms with van der Waals surface area (Å²) in [5, 5.41) is 13.1. The number of carbonyl (C=O) groups excluding carboxylic acids is 2. The zero-order valence-corrected chi connectivity index (χ0v) is 19.7. The number of halogens is 2. The topological polar surface area (TPSA) is 138 Å². The summed E-state index contributed by atoms with van der Waals surface area (Å²) in [7, 11) is -3.42. The first-order valence-corrected chi connectivity index (χ1v) is 13.1. The Balaban J connectivity index is 1.69. The first-order chi connectivity index (χ1) is 16.4. The SMILES string of the molecule is CP(=O)(O)CCN1C[C@]2(CCOC2)n2cc(C(=O)NCc3ccc(F)cc3F)c(=O)c(O)c2C1=O. The Morgan fingerprint density at radius 2 is 2.06 bits per heavy atom. The van der Waals surface area contributed by atoms with Crippen LogP contribution >= 0.6 is 7.37 Å². The minimum atomic E-state index is -3.42. The highest BCUT2D eigenvalue weighted by molar-refractivity contribution is 7.57. The lowest BCUT2D eigenvalue weighted by molar-refractivity contribution is 0.0511. The van der Waals surface area contributed by atoms with Crippen molar-refractivity contribution < 1.29 is 37.7 Å². The zero-order chi connectivity index (χ0) is 25.5. The maximum absolute atomic E-state index is 13.9. The van der Waals surface area contributed by atoms with E-state index in [1.54, 1.807) is 0 Å². The van der Waals surface area contributed by atoms with Crippen molar-refractivity contribution >= 4 is 19.2 Å². The molecule has 1 saturated heterocycles. The maximum atomic E-state index is 13.9. The molecular formula is C22H24F2N3O7P. The van der Waals surface area contributed by atoms with Crippen molar-refractivity contribution in [2.45, 2.75) is 18.5 Å². The number of carbonyl (C=O) groups is 2. The van der Waals surface area contributed by atoms with Crippen LogP contribution in [0, 0.1) is 11.6 Å². The van der Waals surface area contributed by atoms with Crippen LogP contribution in [-0.4, -0.2) is 70.4 Å². The van der Waals surface area contributed by atoms with E-state index in [1.165, 1.54) is 22.3 Å². The monoisotopic (exact) mass is 511 g/mol. The fourth-order valence-electron chi connectivity index (χ4n) is 4.33. The van der Waals surface area contributed by atoms with Gasteiger partial charge in [-0.05, 0) is 12.5 Å². The highest BCUT2D eigenvalue weighted by atomic mass is 31.2. The van der Waals surface area contributed by atoms with Gasteiger partial charge in [0.25, 0.3) is 11.8 Å². The summed E-state index contributed by atoms with van der Waals surface area (Å²) in [5.41, 5.74) is -2.81. The molecule has 1 aromatic heterocycles. The number of rotatable bonds is 6. The van der Waals surface area contributed by atoms with Crippen molar-refractivity contribution in [2.75, 3.05) is 39.1 Å². The van der Waals surface area contributed by atoms with Gasteiger partial charge in [0, 0.05) is 56.9 Å². The zero-order valence-electron chi connectivity index (χ0n) is 18.8. The van der Waals surface area contributed by atoms with Crippen LogP contribution in [0.5, 0.6) is 5.75 Å². The molecule has 0 radical (unpaired) electrons. The minimum Gasteiger partial charge on any atom is -0.503 e. The fraction of sp³-hybridized carbons (Fsp3) is 0.409. The lowest BCUT2D eigenvalue weighted by atomic mass is 9.92. The molecule has 2 aliphatic rings. The number of nitrogens with zero attached hydrogens (tertiary/aromatic N) is 2. The number of hydrogen-bond donors (Lipinski definition) is 3. The number of benzene rings is 1. The summed E-state index contributed by atoms with van der Waals surface area (Å²) in [6, 6.07) is 2.85. The summed E-state index contributed by atoms with van der Waals surface area (Å²) < 4.78 is 45.7. The fourth-order valence-corrected chi connectivity index (χ4v) is 4.94.